The molecule has 0 atom stereocenters. The second kappa shape index (κ2) is 26.7. The summed E-state index contributed by atoms with van der Waals surface area (Å²) in [7, 11) is 2.22. The molecule has 0 rings (SSSR count). The summed E-state index contributed by atoms with van der Waals surface area (Å²) in [6.45, 7) is 8.71. The molecule has 0 aliphatic carbocycles. The lowest BCUT2D eigenvalue weighted by Crippen LogP contribution is -2.24. The van der Waals surface area contributed by atoms with Gasteiger partial charge < -0.3 is 9.64 Å². The lowest BCUT2D eigenvalue weighted by Gasteiger charge is -2.16. The van der Waals surface area contributed by atoms with Gasteiger partial charge in [-0.15, -0.1) is 0 Å². The van der Waals surface area contributed by atoms with Gasteiger partial charge >= 0.3 is 0 Å². The number of likely N-dealkylation sites (N-methyl/N-ethyl adjacent to an activating group) is 1. The molecule has 0 radical (unpaired) electrons. The molecule has 0 fully saturated rings. The van der Waals surface area contributed by atoms with E-state index in [1.54, 1.807) is 0 Å². The van der Waals surface area contributed by atoms with Crippen molar-refractivity contribution in [3.05, 3.63) is 12.2 Å². The second-order valence-electron chi connectivity index (χ2n) is 9.27. The third-order valence-electron chi connectivity index (χ3n) is 6.06. The Balaban J connectivity index is 3.14. The van der Waals surface area contributed by atoms with Crippen molar-refractivity contribution in [2.75, 3.05) is 33.4 Å². The monoisotopic (exact) mass is 423 g/mol. The summed E-state index contributed by atoms with van der Waals surface area (Å²) in [5.41, 5.74) is 0. The zero-order valence-electron chi connectivity index (χ0n) is 21.3. The average Bonchev–Trinajstić information content (AvgIpc) is 2.75. The zero-order chi connectivity index (χ0) is 22.0. The van der Waals surface area contributed by atoms with Crippen LogP contribution in [0, 0.1) is 0 Å². The van der Waals surface area contributed by atoms with Gasteiger partial charge in [-0.3, -0.25) is 0 Å². The van der Waals surface area contributed by atoms with Crippen LogP contribution in [-0.4, -0.2) is 38.3 Å². The highest BCUT2D eigenvalue weighted by Gasteiger charge is 1.98. The maximum absolute atomic E-state index is 5.81. The molecule has 0 aromatic rings. The molecule has 0 amide bonds. The van der Waals surface area contributed by atoms with Gasteiger partial charge in [0.2, 0.25) is 0 Å². The van der Waals surface area contributed by atoms with Crippen molar-refractivity contribution in [3.8, 4) is 0 Å². The van der Waals surface area contributed by atoms with E-state index in [4.69, 9.17) is 4.74 Å². The smallest absolute Gasteiger partial charge is 0.0593 e. The Kier molecular flexibility index (Phi) is 26.4. The minimum atomic E-state index is 0.898. The van der Waals surface area contributed by atoms with E-state index in [2.05, 4.69) is 37.9 Å². The van der Waals surface area contributed by atoms with Gasteiger partial charge in [0, 0.05) is 13.2 Å². The Bertz CT molecular complexity index is 329. The van der Waals surface area contributed by atoms with Crippen molar-refractivity contribution in [2.45, 2.75) is 136 Å². The molecule has 30 heavy (non-hydrogen) atoms. The van der Waals surface area contributed by atoms with Gasteiger partial charge in [-0.05, 0) is 52.1 Å². The summed E-state index contributed by atoms with van der Waals surface area (Å²) in [5, 5.41) is 0. The van der Waals surface area contributed by atoms with Crippen LogP contribution in [-0.2, 0) is 4.74 Å². The molecule has 0 unspecified atom stereocenters. The molecule has 0 aliphatic heterocycles. The molecule has 0 saturated carbocycles. The van der Waals surface area contributed by atoms with Crippen LogP contribution in [0.1, 0.15) is 136 Å². The van der Waals surface area contributed by atoms with Crippen LogP contribution in [0.2, 0.25) is 0 Å². The molecule has 0 N–H and O–H groups in total. The highest BCUT2D eigenvalue weighted by atomic mass is 16.5. The fraction of sp³-hybridized carbons (Fsp3) is 0.929. The van der Waals surface area contributed by atoms with Crippen molar-refractivity contribution in [1.82, 2.24) is 4.90 Å². The number of unbranched alkanes of at least 4 members (excludes halogenated alkanes) is 16. The fourth-order valence-electron chi connectivity index (χ4n) is 3.87. The standard InChI is InChI=1S/C28H57NO/c1-4-6-8-10-11-12-13-14-15-16-17-18-19-20-21-22-24-27-30-28-26-29(3)25-23-9-7-5-2/h15-16H,4-14,17-28H2,1-3H3/b16-15-. The summed E-state index contributed by atoms with van der Waals surface area (Å²) in [6, 6.07) is 0. The number of allylic oxidation sites excluding steroid dienone is 2. The first-order chi connectivity index (χ1) is 14.8. The maximum Gasteiger partial charge on any atom is 0.0593 e. The van der Waals surface area contributed by atoms with Gasteiger partial charge in [0.1, 0.15) is 0 Å². The van der Waals surface area contributed by atoms with Crippen molar-refractivity contribution in [1.29, 1.82) is 0 Å². The van der Waals surface area contributed by atoms with Gasteiger partial charge in [0.05, 0.1) is 6.61 Å². The Morgan fingerprint density at radius 1 is 0.500 bits per heavy atom. The quantitative estimate of drug-likeness (QED) is 0.107. The minimum absolute atomic E-state index is 0.898. The van der Waals surface area contributed by atoms with Gasteiger partial charge in [-0.1, -0.05) is 109 Å². The number of hydrogen-bond donors (Lipinski definition) is 0. The van der Waals surface area contributed by atoms with Crippen molar-refractivity contribution in [2.24, 2.45) is 0 Å². The van der Waals surface area contributed by atoms with Crippen LogP contribution in [0.15, 0.2) is 12.2 Å². The number of hydrogen-bond acceptors (Lipinski definition) is 2. The third kappa shape index (κ3) is 25.7. The van der Waals surface area contributed by atoms with Gasteiger partial charge in [0.25, 0.3) is 0 Å². The van der Waals surface area contributed by atoms with Crippen molar-refractivity contribution >= 4 is 0 Å². The topological polar surface area (TPSA) is 12.5 Å². The number of nitrogens with zero attached hydrogens (tertiary/aromatic N) is 1. The molecular formula is C28H57NO. The average molecular weight is 424 g/mol. The Morgan fingerprint density at radius 2 is 0.967 bits per heavy atom. The second-order valence-corrected chi connectivity index (χ2v) is 9.27. The largest absolute Gasteiger partial charge is 0.380 e. The van der Waals surface area contributed by atoms with Crippen LogP contribution in [0.4, 0.5) is 0 Å². The maximum atomic E-state index is 5.81. The summed E-state index contributed by atoms with van der Waals surface area (Å²) in [4.78, 5) is 2.42. The first-order valence-electron chi connectivity index (χ1n) is 13.7. The summed E-state index contributed by atoms with van der Waals surface area (Å²) >= 11 is 0. The van der Waals surface area contributed by atoms with Crippen LogP contribution >= 0.6 is 0 Å². The van der Waals surface area contributed by atoms with E-state index in [0.717, 1.165) is 19.8 Å². The SMILES string of the molecule is CCCCCCCCC/C=C\CCCCCCCCOCCN(C)CCCCCC. The van der Waals surface area contributed by atoms with E-state index >= 15 is 0 Å². The zero-order valence-corrected chi connectivity index (χ0v) is 21.3. The van der Waals surface area contributed by atoms with E-state index in [-0.39, 0.29) is 0 Å². The Morgan fingerprint density at radius 3 is 1.53 bits per heavy atom. The van der Waals surface area contributed by atoms with Crippen molar-refractivity contribution < 1.29 is 4.74 Å². The van der Waals surface area contributed by atoms with Crippen LogP contribution < -0.4 is 0 Å². The van der Waals surface area contributed by atoms with Crippen LogP contribution in [0.3, 0.4) is 0 Å². The van der Waals surface area contributed by atoms with E-state index in [0.29, 0.717) is 0 Å². The Labute approximate surface area is 191 Å². The number of rotatable bonds is 25. The third-order valence-corrected chi connectivity index (χ3v) is 6.06. The molecular weight excluding hydrogens is 366 g/mol. The van der Waals surface area contributed by atoms with E-state index in [9.17, 15) is 0 Å². The molecule has 180 valence electrons. The molecule has 0 spiro atoms. The van der Waals surface area contributed by atoms with Crippen molar-refractivity contribution in [3.63, 3.8) is 0 Å². The molecule has 2 heteroatoms. The molecule has 0 heterocycles. The van der Waals surface area contributed by atoms with Crippen LogP contribution in [0.5, 0.6) is 0 Å². The molecule has 0 bridgehead atoms. The molecule has 0 aliphatic rings. The van der Waals surface area contributed by atoms with E-state index < -0.39 is 0 Å². The highest BCUT2D eigenvalue weighted by molar-refractivity contribution is 4.81. The first kappa shape index (κ1) is 29.7. The molecule has 0 saturated heterocycles. The molecule has 0 aromatic heterocycles. The summed E-state index contributed by atoms with van der Waals surface area (Å²) in [6.07, 6.45) is 30.8. The molecule has 2 nitrogen and oxygen atoms in total. The van der Waals surface area contributed by atoms with Gasteiger partial charge in [-0.25, -0.2) is 0 Å². The number of ether oxygens (including phenoxy) is 1. The summed E-state index contributed by atoms with van der Waals surface area (Å²) < 4.78 is 5.81. The van der Waals surface area contributed by atoms with Crippen LogP contribution in [0.25, 0.3) is 0 Å². The first-order valence-corrected chi connectivity index (χ1v) is 13.7. The Hall–Kier alpha value is -0.340. The highest BCUT2D eigenvalue weighted by Crippen LogP contribution is 2.10. The normalized spacial score (nSPS) is 11.9. The lowest BCUT2D eigenvalue weighted by atomic mass is 10.1. The van der Waals surface area contributed by atoms with Gasteiger partial charge in [0.15, 0.2) is 0 Å². The molecule has 0 aromatic carbocycles. The van der Waals surface area contributed by atoms with E-state index in [1.165, 1.54) is 129 Å². The minimum Gasteiger partial charge on any atom is -0.380 e. The predicted octanol–water partition coefficient (Wildman–Crippen LogP) is 8.94. The fourth-order valence-corrected chi connectivity index (χ4v) is 3.87. The predicted molar refractivity (Wildman–Crippen MR) is 137 cm³/mol. The van der Waals surface area contributed by atoms with Gasteiger partial charge in [-0.2, -0.15) is 0 Å². The lowest BCUT2D eigenvalue weighted by molar-refractivity contribution is 0.107. The van der Waals surface area contributed by atoms with E-state index in [1.807, 2.05) is 0 Å². The summed E-state index contributed by atoms with van der Waals surface area (Å²) in [5.74, 6) is 0.